The maximum Gasteiger partial charge on any atom is 0.244 e. The molecule has 2 aromatic carbocycles. The van der Waals surface area contributed by atoms with E-state index in [0.717, 1.165) is 48.2 Å². The summed E-state index contributed by atoms with van der Waals surface area (Å²) in [7, 11) is -3.80. The Balaban J connectivity index is 1.85. The van der Waals surface area contributed by atoms with Crippen LogP contribution in [0.1, 0.15) is 51.5 Å². The minimum absolute atomic E-state index is 0.0863. The van der Waals surface area contributed by atoms with Crippen LogP contribution < -0.4 is 14.4 Å². The summed E-state index contributed by atoms with van der Waals surface area (Å²) in [5, 5.41) is 3.59. The SMILES string of the molecule is CCOc1ccc(N(CC(=O)N(Cc2cccc(Cl)c2)C(C)C(=O)NC2CCCCC2)S(C)(=O)=O)cc1. The van der Waals surface area contributed by atoms with Crippen LogP contribution in [0.15, 0.2) is 48.5 Å². The second-order valence-electron chi connectivity index (χ2n) is 9.37. The van der Waals surface area contributed by atoms with Crippen molar-refractivity contribution in [1.29, 1.82) is 0 Å². The van der Waals surface area contributed by atoms with Gasteiger partial charge in [-0.15, -0.1) is 0 Å². The molecule has 1 atom stereocenters. The van der Waals surface area contributed by atoms with Gasteiger partial charge in [0.25, 0.3) is 0 Å². The molecular formula is C27H36ClN3O5S. The molecule has 0 saturated heterocycles. The summed E-state index contributed by atoms with van der Waals surface area (Å²) < 4.78 is 31.9. The van der Waals surface area contributed by atoms with Crippen molar-refractivity contribution in [2.24, 2.45) is 0 Å². The molecule has 202 valence electrons. The molecule has 1 saturated carbocycles. The number of sulfonamides is 1. The highest BCUT2D eigenvalue weighted by atomic mass is 35.5. The number of hydrogen-bond donors (Lipinski definition) is 1. The lowest BCUT2D eigenvalue weighted by Crippen LogP contribution is -2.52. The van der Waals surface area contributed by atoms with Crippen molar-refractivity contribution in [3.63, 3.8) is 0 Å². The normalized spacial score (nSPS) is 15.0. The first-order chi connectivity index (χ1) is 17.6. The summed E-state index contributed by atoms with van der Waals surface area (Å²) in [5.41, 5.74) is 1.08. The predicted octanol–water partition coefficient (Wildman–Crippen LogP) is 4.37. The Hall–Kier alpha value is -2.78. The smallest absolute Gasteiger partial charge is 0.244 e. The van der Waals surface area contributed by atoms with Crippen molar-refractivity contribution in [2.75, 3.05) is 23.7 Å². The van der Waals surface area contributed by atoms with E-state index in [0.29, 0.717) is 23.1 Å². The Morgan fingerprint density at radius 2 is 1.78 bits per heavy atom. The number of ether oxygens (including phenoxy) is 1. The van der Waals surface area contributed by atoms with E-state index < -0.39 is 28.5 Å². The Morgan fingerprint density at radius 3 is 2.38 bits per heavy atom. The van der Waals surface area contributed by atoms with Crippen LogP contribution in [0.3, 0.4) is 0 Å². The molecule has 0 aliphatic heterocycles. The van der Waals surface area contributed by atoms with Gasteiger partial charge >= 0.3 is 0 Å². The van der Waals surface area contributed by atoms with Crippen LogP contribution in [0.2, 0.25) is 5.02 Å². The van der Waals surface area contributed by atoms with Crippen molar-refractivity contribution in [3.05, 3.63) is 59.1 Å². The Morgan fingerprint density at radius 1 is 1.11 bits per heavy atom. The molecule has 0 bridgehead atoms. The van der Waals surface area contributed by atoms with E-state index in [2.05, 4.69) is 5.32 Å². The van der Waals surface area contributed by atoms with Crippen molar-refractivity contribution in [3.8, 4) is 5.75 Å². The predicted molar refractivity (Wildman–Crippen MR) is 146 cm³/mol. The van der Waals surface area contributed by atoms with Crippen LogP contribution in [0, 0.1) is 0 Å². The highest BCUT2D eigenvalue weighted by Crippen LogP contribution is 2.23. The Kier molecular flexibility index (Phi) is 10.2. The molecule has 0 spiro atoms. The van der Waals surface area contributed by atoms with Gasteiger partial charge in [-0.25, -0.2) is 8.42 Å². The van der Waals surface area contributed by atoms with E-state index in [4.69, 9.17) is 16.3 Å². The lowest BCUT2D eigenvalue weighted by molar-refractivity contribution is -0.139. The third-order valence-electron chi connectivity index (χ3n) is 6.48. The van der Waals surface area contributed by atoms with Gasteiger partial charge in [-0.3, -0.25) is 13.9 Å². The van der Waals surface area contributed by atoms with E-state index in [1.165, 1.54) is 4.90 Å². The zero-order valence-corrected chi connectivity index (χ0v) is 23.2. The van der Waals surface area contributed by atoms with Gasteiger partial charge < -0.3 is 15.0 Å². The number of amides is 2. The monoisotopic (exact) mass is 549 g/mol. The zero-order valence-electron chi connectivity index (χ0n) is 21.7. The van der Waals surface area contributed by atoms with Crippen molar-refractivity contribution in [2.45, 2.75) is 64.6 Å². The van der Waals surface area contributed by atoms with Crippen LogP contribution >= 0.6 is 11.6 Å². The summed E-state index contributed by atoms with van der Waals surface area (Å²) in [6.45, 7) is 3.67. The van der Waals surface area contributed by atoms with Crippen LogP contribution in [0.25, 0.3) is 0 Å². The largest absolute Gasteiger partial charge is 0.494 e. The fourth-order valence-electron chi connectivity index (χ4n) is 4.47. The van der Waals surface area contributed by atoms with E-state index in [1.807, 2.05) is 13.0 Å². The first-order valence-electron chi connectivity index (χ1n) is 12.6. The first kappa shape index (κ1) is 28.8. The average molecular weight is 550 g/mol. The van der Waals surface area contributed by atoms with Gasteiger partial charge in [0, 0.05) is 17.6 Å². The number of hydrogen-bond acceptors (Lipinski definition) is 5. The molecule has 0 heterocycles. The number of carbonyl (C=O) groups excluding carboxylic acids is 2. The van der Waals surface area contributed by atoms with Crippen LogP contribution in [0.4, 0.5) is 5.69 Å². The zero-order chi connectivity index (χ0) is 27.0. The number of nitrogens with one attached hydrogen (secondary N) is 1. The fourth-order valence-corrected chi connectivity index (χ4v) is 5.53. The fraction of sp³-hybridized carbons (Fsp3) is 0.481. The van der Waals surface area contributed by atoms with Gasteiger partial charge in [0.2, 0.25) is 21.8 Å². The number of rotatable bonds is 11. The molecule has 1 aliphatic rings. The lowest BCUT2D eigenvalue weighted by Gasteiger charge is -2.33. The molecule has 10 heteroatoms. The second kappa shape index (κ2) is 13.1. The van der Waals surface area contributed by atoms with E-state index in [1.54, 1.807) is 49.4 Å². The van der Waals surface area contributed by atoms with Crippen LogP contribution in [-0.2, 0) is 26.2 Å². The second-order valence-corrected chi connectivity index (χ2v) is 11.7. The molecule has 1 aliphatic carbocycles. The molecule has 3 rings (SSSR count). The van der Waals surface area contributed by atoms with Gasteiger partial charge in [0.1, 0.15) is 18.3 Å². The molecule has 0 radical (unpaired) electrons. The van der Waals surface area contributed by atoms with Gasteiger partial charge in [0.05, 0.1) is 18.6 Å². The maximum atomic E-state index is 13.7. The lowest BCUT2D eigenvalue weighted by atomic mass is 9.95. The number of halogens is 1. The van der Waals surface area contributed by atoms with E-state index in [-0.39, 0.29) is 18.5 Å². The van der Waals surface area contributed by atoms with Crippen LogP contribution in [-0.4, -0.2) is 56.6 Å². The van der Waals surface area contributed by atoms with Gasteiger partial charge in [0.15, 0.2) is 0 Å². The quantitative estimate of drug-likeness (QED) is 0.449. The molecule has 8 nitrogen and oxygen atoms in total. The van der Waals surface area contributed by atoms with Crippen LogP contribution in [0.5, 0.6) is 5.75 Å². The molecule has 1 unspecified atom stereocenters. The Bertz CT molecular complexity index is 1170. The highest BCUT2D eigenvalue weighted by molar-refractivity contribution is 7.92. The highest BCUT2D eigenvalue weighted by Gasteiger charge is 2.31. The van der Waals surface area contributed by atoms with Crippen molar-refractivity contribution >= 4 is 39.1 Å². The van der Waals surface area contributed by atoms with Gasteiger partial charge in [-0.2, -0.15) is 0 Å². The number of nitrogens with zero attached hydrogens (tertiary/aromatic N) is 2. The molecular weight excluding hydrogens is 514 g/mol. The van der Waals surface area contributed by atoms with Crippen molar-refractivity contribution in [1.82, 2.24) is 10.2 Å². The molecule has 1 N–H and O–H groups in total. The number of carbonyl (C=O) groups is 2. The summed E-state index contributed by atoms with van der Waals surface area (Å²) in [6, 6.07) is 12.8. The molecule has 2 amide bonds. The topological polar surface area (TPSA) is 96.0 Å². The molecule has 1 fully saturated rings. The minimum Gasteiger partial charge on any atom is -0.494 e. The number of benzene rings is 2. The van der Waals surface area contributed by atoms with Crippen molar-refractivity contribution < 1.29 is 22.7 Å². The summed E-state index contributed by atoms with van der Waals surface area (Å²) in [5.74, 6) is -0.151. The summed E-state index contributed by atoms with van der Waals surface area (Å²) in [4.78, 5) is 28.3. The Labute approximate surface area is 225 Å². The molecule has 0 aromatic heterocycles. The standard InChI is InChI=1S/C27H36ClN3O5S/c1-4-36-25-15-13-24(14-16-25)31(37(3,34)35)19-26(32)30(18-21-9-8-10-22(28)17-21)20(2)27(33)29-23-11-6-5-7-12-23/h8-10,13-17,20,23H,4-7,11-12,18-19H2,1-3H3,(H,29,33). The van der Waals surface area contributed by atoms with Gasteiger partial charge in [-0.1, -0.05) is 43.0 Å². The third kappa shape index (κ3) is 8.36. The third-order valence-corrected chi connectivity index (χ3v) is 7.85. The number of anilines is 1. The molecule has 2 aromatic rings. The average Bonchev–Trinajstić information content (AvgIpc) is 2.86. The minimum atomic E-state index is -3.80. The van der Waals surface area contributed by atoms with E-state index >= 15 is 0 Å². The maximum absolute atomic E-state index is 13.7. The summed E-state index contributed by atoms with van der Waals surface area (Å²) >= 11 is 6.16. The molecule has 37 heavy (non-hydrogen) atoms. The van der Waals surface area contributed by atoms with Gasteiger partial charge in [-0.05, 0) is 68.7 Å². The first-order valence-corrected chi connectivity index (χ1v) is 14.9. The van der Waals surface area contributed by atoms with E-state index in [9.17, 15) is 18.0 Å². The summed E-state index contributed by atoms with van der Waals surface area (Å²) in [6.07, 6.45) is 6.18.